The number of hydrogen-bond acceptors (Lipinski definition) is 4. The summed E-state index contributed by atoms with van der Waals surface area (Å²) in [6.45, 7) is -0.301. The molecular weight excluding hydrogens is 212 g/mol. The number of aliphatic hydroxyl groups excluding tert-OH is 1. The van der Waals surface area contributed by atoms with E-state index >= 15 is 0 Å². The van der Waals surface area contributed by atoms with Gasteiger partial charge in [0, 0.05) is 25.4 Å². The summed E-state index contributed by atoms with van der Waals surface area (Å²) in [5.41, 5.74) is 0.284. The van der Waals surface area contributed by atoms with Gasteiger partial charge in [-0.2, -0.15) is 0 Å². The van der Waals surface area contributed by atoms with Gasteiger partial charge in [-0.25, -0.2) is 4.79 Å². The van der Waals surface area contributed by atoms with Crippen molar-refractivity contribution in [2.45, 2.75) is 12.5 Å². The lowest BCUT2D eigenvalue weighted by atomic mass is 10.2. The van der Waals surface area contributed by atoms with Crippen molar-refractivity contribution in [2.75, 3.05) is 6.61 Å². The summed E-state index contributed by atoms with van der Waals surface area (Å²) < 4.78 is 0. The lowest BCUT2D eigenvalue weighted by molar-refractivity contribution is -0.139. The topological polar surface area (TPSA) is 99.5 Å². The minimum Gasteiger partial charge on any atom is -0.480 e. The summed E-state index contributed by atoms with van der Waals surface area (Å²) in [7, 11) is 0. The fraction of sp³-hybridized carbons (Fsp3) is 0.300. The van der Waals surface area contributed by atoms with Gasteiger partial charge in [-0.3, -0.25) is 9.78 Å². The smallest absolute Gasteiger partial charge is 0.326 e. The Labute approximate surface area is 91.9 Å². The van der Waals surface area contributed by atoms with E-state index in [9.17, 15) is 9.59 Å². The Morgan fingerprint density at radius 2 is 2.25 bits per heavy atom. The number of aromatic nitrogens is 1. The lowest BCUT2D eigenvalue weighted by Gasteiger charge is -2.12. The molecule has 0 aliphatic carbocycles. The Bertz CT molecular complexity index is 366. The Hall–Kier alpha value is -1.95. The number of amides is 1. The summed E-state index contributed by atoms with van der Waals surface area (Å²) in [5.74, 6) is -1.69. The number of nitrogens with one attached hydrogen (secondary N) is 1. The number of carbonyl (C=O) groups is 2. The summed E-state index contributed by atoms with van der Waals surface area (Å²) in [6, 6.07) is 2.02. The molecule has 1 aromatic heterocycles. The van der Waals surface area contributed by atoms with Crippen LogP contribution in [0.5, 0.6) is 0 Å². The molecule has 86 valence electrons. The van der Waals surface area contributed by atoms with E-state index < -0.39 is 17.9 Å². The molecule has 1 amide bonds. The zero-order valence-corrected chi connectivity index (χ0v) is 8.46. The van der Waals surface area contributed by atoms with Crippen LogP contribution >= 0.6 is 0 Å². The number of nitrogens with zero attached hydrogens (tertiary/aromatic N) is 1. The molecule has 0 aliphatic heterocycles. The van der Waals surface area contributed by atoms with Gasteiger partial charge in [-0.1, -0.05) is 0 Å². The van der Waals surface area contributed by atoms with Crippen LogP contribution in [0.15, 0.2) is 24.5 Å². The number of rotatable bonds is 5. The van der Waals surface area contributed by atoms with Crippen molar-refractivity contribution in [2.24, 2.45) is 0 Å². The third kappa shape index (κ3) is 3.32. The largest absolute Gasteiger partial charge is 0.480 e. The molecule has 0 unspecified atom stereocenters. The minimum atomic E-state index is -1.17. The molecule has 3 N–H and O–H groups in total. The maximum absolute atomic E-state index is 11.5. The number of carbonyl (C=O) groups excluding carboxylic acids is 1. The predicted molar refractivity (Wildman–Crippen MR) is 54.8 cm³/mol. The average Bonchev–Trinajstić information content (AvgIpc) is 2.29. The van der Waals surface area contributed by atoms with E-state index in [-0.39, 0.29) is 18.6 Å². The average molecular weight is 224 g/mol. The second-order valence-electron chi connectivity index (χ2n) is 3.12. The summed E-state index contributed by atoms with van der Waals surface area (Å²) >= 11 is 0. The van der Waals surface area contributed by atoms with Crippen LogP contribution < -0.4 is 5.32 Å². The molecular formula is C10H12N2O4. The van der Waals surface area contributed by atoms with E-state index in [1.54, 1.807) is 6.07 Å². The second-order valence-corrected chi connectivity index (χ2v) is 3.12. The van der Waals surface area contributed by atoms with Crippen LogP contribution in [0.3, 0.4) is 0 Å². The SMILES string of the molecule is O=C(N[C@@H](CCO)C(=O)O)c1cccnc1. The fourth-order valence-corrected chi connectivity index (χ4v) is 1.13. The molecule has 1 heterocycles. The molecule has 6 heteroatoms. The summed E-state index contributed by atoms with van der Waals surface area (Å²) in [6.07, 6.45) is 2.83. The third-order valence-corrected chi connectivity index (χ3v) is 1.94. The van der Waals surface area contributed by atoms with Crippen LogP contribution in [-0.4, -0.2) is 39.7 Å². The maximum atomic E-state index is 11.5. The summed E-state index contributed by atoms with van der Waals surface area (Å²) in [4.78, 5) is 26.0. The zero-order chi connectivity index (χ0) is 12.0. The highest BCUT2D eigenvalue weighted by Gasteiger charge is 2.19. The van der Waals surface area contributed by atoms with Gasteiger partial charge >= 0.3 is 5.97 Å². The molecule has 0 fully saturated rings. The van der Waals surface area contributed by atoms with Crippen molar-refractivity contribution in [3.05, 3.63) is 30.1 Å². The molecule has 0 saturated heterocycles. The standard InChI is InChI=1S/C10H12N2O4/c13-5-3-8(10(15)16)12-9(14)7-2-1-4-11-6-7/h1-2,4,6,8,13H,3,5H2,(H,12,14)(H,15,16)/t8-/m0/s1. The first-order chi connectivity index (χ1) is 7.65. The molecule has 0 aromatic carbocycles. The van der Waals surface area contributed by atoms with Gasteiger partial charge < -0.3 is 15.5 Å². The van der Waals surface area contributed by atoms with Gasteiger partial charge in [0.1, 0.15) is 6.04 Å². The lowest BCUT2D eigenvalue weighted by Crippen LogP contribution is -2.41. The summed E-state index contributed by atoms with van der Waals surface area (Å²) in [5, 5.41) is 19.7. The van der Waals surface area contributed by atoms with Crippen LogP contribution in [0.2, 0.25) is 0 Å². The van der Waals surface area contributed by atoms with Crippen molar-refractivity contribution in [1.29, 1.82) is 0 Å². The zero-order valence-electron chi connectivity index (χ0n) is 8.46. The van der Waals surface area contributed by atoms with Crippen molar-refractivity contribution in [1.82, 2.24) is 10.3 Å². The van der Waals surface area contributed by atoms with E-state index in [1.165, 1.54) is 18.5 Å². The molecule has 6 nitrogen and oxygen atoms in total. The van der Waals surface area contributed by atoms with Crippen molar-refractivity contribution >= 4 is 11.9 Å². The Morgan fingerprint density at radius 1 is 1.50 bits per heavy atom. The second kappa shape index (κ2) is 5.82. The molecule has 1 aromatic rings. The van der Waals surface area contributed by atoms with E-state index in [0.717, 1.165) is 0 Å². The first-order valence-electron chi connectivity index (χ1n) is 4.69. The number of carboxylic acid groups (broad SMARTS) is 1. The van der Waals surface area contributed by atoms with Gasteiger partial charge in [0.05, 0.1) is 5.56 Å². The number of carboxylic acids is 1. The molecule has 1 atom stereocenters. The van der Waals surface area contributed by atoms with E-state index in [2.05, 4.69) is 10.3 Å². The van der Waals surface area contributed by atoms with E-state index in [4.69, 9.17) is 10.2 Å². The van der Waals surface area contributed by atoms with Gasteiger partial charge in [0.2, 0.25) is 0 Å². The molecule has 0 saturated carbocycles. The third-order valence-electron chi connectivity index (χ3n) is 1.94. The highest BCUT2D eigenvalue weighted by atomic mass is 16.4. The van der Waals surface area contributed by atoms with E-state index in [1.807, 2.05) is 0 Å². The van der Waals surface area contributed by atoms with Crippen LogP contribution in [0, 0.1) is 0 Å². The van der Waals surface area contributed by atoms with Crippen molar-refractivity contribution in [3.8, 4) is 0 Å². The normalized spacial score (nSPS) is 11.8. The quantitative estimate of drug-likeness (QED) is 0.634. The van der Waals surface area contributed by atoms with Gasteiger partial charge in [-0.15, -0.1) is 0 Å². The molecule has 0 radical (unpaired) electrons. The first-order valence-corrected chi connectivity index (χ1v) is 4.69. The van der Waals surface area contributed by atoms with Crippen LogP contribution in [0.25, 0.3) is 0 Å². The predicted octanol–water partition coefficient (Wildman–Crippen LogP) is -0.353. The Morgan fingerprint density at radius 3 is 2.75 bits per heavy atom. The van der Waals surface area contributed by atoms with Gasteiger partial charge in [0.15, 0.2) is 0 Å². The maximum Gasteiger partial charge on any atom is 0.326 e. The molecule has 16 heavy (non-hydrogen) atoms. The fourth-order valence-electron chi connectivity index (χ4n) is 1.13. The monoisotopic (exact) mass is 224 g/mol. The van der Waals surface area contributed by atoms with E-state index in [0.29, 0.717) is 0 Å². The molecule has 0 spiro atoms. The number of hydrogen-bond donors (Lipinski definition) is 3. The molecule has 0 bridgehead atoms. The van der Waals surface area contributed by atoms with Crippen LogP contribution in [-0.2, 0) is 4.79 Å². The first kappa shape index (κ1) is 12.1. The number of aliphatic carboxylic acids is 1. The van der Waals surface area contributed by atoms with Crippen LogP contribution in [0.4, 0.5) is 0 Å². The van der Waals surface area contributed by atoms with Crippen LogP contribution in [0.1, 0.15) is 16.8 Å². The number of pyridine rings is 1. The highest BCUT2D eigenvalue weighted by Crippen LogP contribution is 1.98. The van der Waals surface area contributed by atoms with Crippen molar-refractivity contribution < 1.29 is 19.8 Å². The Kier molecular flexibility index (Phi) is 4.41. The number of aliphatic hydroxyl groups is 1. The molecule has 1 rings (SSSR count). The highest BCUT2D eigenvalue weighted by molar-refractivity contribution is 5.96. The Balaban J connectivity index is 2.65. The van der Waals surface area contributed by atoms with Crippen molar-refractivity contribution in [3.63, 3.8) is 0 Å². The van der Waals surface area contributed by atoms with Gasteiger partial charge in [0.25, 0.3) is 5.91 Å². The minimum absolute atomic E-state index is 0.0265. The molecule has 0 aliphatic rings. The van der Waals surface area contributed by atoms with Gasteiger partial charge in [-0.05, 0) is 12.1 Å².